The molecule has 0 saturated heterocycles. The summed E-state index contributed by atoms with van der Waals surface area (Å²) in [7, 11) is 0. The highest BCUT2D eigenvalue weighted by atomic mass is 16.3. The first-order chi connectivity index (χ1) is 17.9. The van der Waals surface area contributed by atoms with Crippen LogP contribution in [-0.4, -0.2) is 30.6 Å². The zero-order valence-electron chi connectivity index (χ0n) is 21.0. The number of pyridine rings is 3. The van der Waals surface area contributed by atoms with Gasteiger partial charge in [0.1, 0.15) is 28.5 Å². The lowest BCUT2D eigenvalue weighted by atomic mass is 10.0. The molecule has 0 spiro atoms. The maximum Gasteiger partial charge on any atom is 0.224 e. The van der Waals surface area contributed by atoms with Crippen molar-refractivity contribution in [2.75, 3.05) is 4.90 Å². The molecule has 0 atom stereocenters. The zero-order valence-corrected chi connectivity index (χ0v) is 21.0. The standard InChI is InChI=1S/C28H25N7O2/c1-17(2)35-26(18(3)14-32-35)25-21(13-29)27(28-24(33-25)10-12-37-28)34(19(4)36)16-20-8-9-23(31-15-20)22-7-5-6-11-30-22/h5-12,14-15,17H,16H2,1-4H3. The number of carbonyl (C=O) groups excluding carboxylic acids is 1. The summed E-state index contributed by atoms with van der Waals surface area (Å²) in [6.45, 7) is 7.63. The maximum absolute atomic E-state index is 13.0. The summed E-state index contributed by atoms with van der Waals surface area (Å²) in [4.78, 5) is 28.2. The number of hydrogen-bond acceptors (Lipinski definition) is 7. The first-order valence-corrected chi connectivity index (χ1v) is 11.9. The Hall–Kier alpha value is -4.84. The third kappa shape index (κ3) is 4.34. The quantitative estimate of drug-likeness (QED) is 0.310. The van der Waals surface area contributed by atoms with Crippen LogP contribution in [0.2, 0.25) is 0 Å². The number of aromatic nitrogens is 5. The molecule has 0 radical (unpaired) electrons. The van der Waals surface area contributed by atoms with Gasteiger partial charge in [0.15, 0.2) is 5.58 Å². The van der Waals surface area contributed by atoms with Gasteiger partial charge >= 0.3 is 0 Å². The maximum atomic E-state index is 13.0. The van der Waals surface area contributed by atoms with Gasteiger partial charge in [-0.3, -0.25) is 19.4 Å². The van der Waals surface area contributed by atoms with Gasteiger partial charge in [0, 0.05) is 31.4 Å². The first-order valence-electron chi connectivity index (χ1n) is 11.9. The smallest absolute Gasteiger partial charge is 0.224 e. The van der Waals surface area contributed by atoms with Gasteiger partial charge < -0.3 is 9.32 Å². The molecular weight excluding hydrogens is 466 g/mol. The van der Waals surface area contributed by atoms with Gasteiger partial charge in [-0.2, -0.15) is 10.4 Å². The number of aryl methyl sites for hydroxylation is 1. The number of hydrogen-bond donors (Lipinski definition) is 0. The van der Waals surface area contributed by atoms with E-state index < -0.39 is 0 Å². The van der Waals surface area contributed by atoms with Crippen molar-refractivity contribution in [1.29, 1.82) is 5.26 Å². The van der Waals surface area contributed by atoms with Crippen LogP contribution in [0.1, 0.15) is 43.5 Å². The summed E-state index contributed by atoms with van der Waals surface area (Å²) in [6, 6.07) is 13.5. The Morgan fingerprint density at radius 2 is 1.95 bits per heavy atom. The Labute approximate surface area is 214 Å². The number of anilines is 1. The second-order valence-corrected chi connectivity index (χ2v) is 9.02. The summed E-state index contributed by atoms with van der Waals surface area (Å²) in [5, 5.41) is 14.9. The largest absolute Gasteiger partial charge is 0.460 e. The highest BCUT2D eigenvalue weighted by Gasteiger charge is 2.28. The molecule has 1 amide bonds. The van der Waals surface area contributed by atoms with Crippen molar-refractivity contribution in [2.45, 2.75) is 40.3 Å². The number of nitrogens with zero attached hydrogens (tertiary/aromatic N) is 7. The monoisotopic (exact) mass is 491 g/mol. The molecule has 0 aromatic carbocycles. The van der Waals surface area contributed by atoms with Crippen LogP contribution in [0.3, 0.4) is 0 Å². The van der Waals surface area contributed by atoms with Crippen molar-refractivity contribution in [3.05, 3.63) is 77.9 Å². The van der Waals surface area contributed by atoms with E-state index in [1.807, 2.05) is 55.8 Å². The van der Waals surface area contributed by atoms with Crippen molar-refractivity contribution >= 4 is 22.7 Å². The molecule has 9 heteroatoms. The van der Waals surface area contributed by atoms with Gasteiger partial charge in [0.05, 0.1) is 36.1 Å². The Bertz CT molecular complexity index is 1630. The minimum Gasteiger partial charge on any atom is -0.460 e. The Balaban J connectivity index is 1.64. The molecule has 5 rings (SSSR count). The normalized spacial score (nSPS) is 11.1. The van der Waals surface area contributed by atoms with Crippen LogP contribution in [0.5, 0.6) is 0 Å². The third-order valence-electron chi connectivity index (χ3n) is 6.11. The SMILES string of the molecule is CC(=O)N(Cc1ccc(-c2ccccn2)nc1)c1c(C#N)c(-c2c(C)cnn2C(C)C)nc2ccoc12. The lowest BCUT2D eigenvalue weighted by Crippen LogP contribution is -2.29. The molecular formula is C28H25N7O2. The highest BCUT2D eigenvalue weighted by molar-refractivity contribution is 6.03. The lowest BCUT2D eigenvalue weighted by molar-refractivity contribution is -0.116. The lowest BCUT2D eigenvalue weighted by Gasteiger charge is -2.24. The molecule has 5 aromatic rings. The van der Waals surface area contributed by atoms with Crippen LogP contribution in [-0.2, 0) is 11.3 Å². The van der Waals surface area contributed by atoms with Gasteiger partial charge in [0.2, 0.25) is 5.91 Å². The van der Waals surface area contributed by atoms with Crippen molar-refractivity contribution in [1.82, 2.24) is 24.7 Å². The second-order valence-electron chi connectivity index (χ2n) is 9.02. The number of nitriles is 1. The fraction of sp³-hybridized carbons (Fsp3) is 0.214. The van der Waals surface area contributed by atoms with E-state index in [1.54, 1.807) is 29.6 Å². The summed E-state index contributed by atoms with van der Waals surface area (Å²) >= 11 is 0. The number of furan rings is 1. The van der Waals surface area contributed by atoms with Gasteiger partial charge in [0.25, 0.3) is 0 Å². The Morgan fingerprint density at radius 3 is 2.59 bits per heavy atom. The Kier molecular flexibility index (Phi) is 6.24. The van der Waals surface area contributed by atoms with E-state index in [2.05, 4.69) is 21.1 Å². The average molecular weight is 492 g/mol. The molecule has 5 heterocycles. The van der Waals surface area contributed by atoms with Crippen molar-refractivity contribution in [3.8, 4) is 28.8 Å². The van der Waals surface area contributed by atoms with Crippen molar-refractivity contribution < 1.29 is 9.21 Å². The summed E-state index contributed by atoms with van der Waals surface area (Å²) in [6.07, 6.45) is 6.70. The van der Waals surface area contributed by atoms with Crippen LogP contribution in [0, 0.1) is 18.3 Å². The minimum atomic E-state index is -0.241. The van der Waals surface area contributed by atoms with E-state index in [-0.39, 0.29) is 24.1 Å². The number of carbonyl (C=O) groups is 1. The average Bonchev–Trinajstić information content (AvgIpc) is 3.53. The number of amides is 1. The van der Waals surface area contributed by atoms with E-state index in [4.69, 9.17) is 9.40 Å². The van der Waals surface area contributed by atoms with Crippen LogP contribution in [0.25, 0.3) is 33.9 Å². The highest BCUT2D eigenvalue weighted by Crippen LogP contribution is 2.38. The summed E-state index contributed by atoms with van der Waals surface area (Å²) in [5.41, 5.74) is 5.93. The molecule has 0 bridgehead atoms. The number of rotatable bonds is 6. The fourth-order valence-corrected chi connectivity index (χ4v) is 4.35. The second kappa shape index (κ2) is 9.66. The fourth-order valence-electron chi connectivity index (χ4n) is 4.35. The number of fused-ring (bicyclic) bond motifs is 1. The van der Waals surface area contributed by atoms with Gasteiger partial charge in [-0.15, -0.1) is 0 Å². The molecule has 37 heavy (non-hydrogen) atoms. The summed E-state index contributed by atoms with van der Waals surface area (Å²) < 4.78 is 7.60. The van der Waals surface area contributed by atoms with Gasteiger partial charge in [-0.1, -0.05) is 12.1 Å². The first kappa shape index (κ1) is 23.9. The van der Waals surface area contributed by atoms with Crippen molar-refractivity contribution in [3.63, 3.8) is 0 Å². The molecule has 0 aliphatic heterocycles. The molecule has 0 fully saturated rings. The van der Waals surface area contributed by atoms with E-state index in [1.165, 1.54) is 13.2 Å². The molecule has 0 aliphatic rings. The Morgan fingerprint density at radius 1 is 1.14 bits per heavy atom. The van der Waals surface area contributed by atoms with E-state index in [0.29, 0.717) is 22.5 Å². The third-order valence-corrected chi connectivity index (χ3v) is 6.11. The molecule has 5 aromatic heterocycles. The van der Waals surface area contributed by atoms with Gasteiger partial charge in [-0.25, -0.2) is 4.98 Å². The molecule has 9 nitrogen and oxygen atoms in total. The van der Waals surface area contributed by atoms with Crippen LogP contribution in [0.4, 0.5) is 5.69 Å². The van der Waals surface area contributed by atoms with E-state index >= 15 is 0 Å². The molecule has 0 aliphatic carbocycles. The minimum absolute atomic E-state index is 0.0492. The van der Waals surface area contributed by atoms with E-state index in [0.717, 1.165) is 28.2 Å². The molecule has 0 unspecified atom stereocenters. The predicted molar refractivity (Wildman–Crippen MR) is 139 cm³/mol. The summed E-state index contributed by atoms with van der Waals surface area (Å²) in [5.74, 6) is -0.241. The topological polar surface area (TPSA) is 114 Å². The van der Waals surface area contributed by atoms with Crippen LogP contribution < -0.4 is 4.90 Å². The van der Waals surface area contributed by atoms with Gasteiger partial charge in [-0.05, 0) is 50.1 Å². The van der Waals surface area contributed by atoms with E-state index in [9.17, 15) is 10.1 Å². The zero-order chi connectivity index (χ0) is 26.1. The molecule has 0 saturated carbocycles. The van der Waals surface area contributed by atoms with Crippen molar-refractivity contribution in [2.24, 2.45) is 0 Å². The van der Waals surface area contributed by atoms with Crippen LogP contribution >= 0.6 is 0 Å². The molecule has 184 valence electrons. The van der Waals surface area contributed by atoms with Crippen LogP contribution in [0.15, 0.2) is 65.7 Å². The molecule has 0 N–H and O–H groups in total. The predicted octanol–water partition coefficient (Wildman–Crippen LogP) is 5.46.